The number of rotatable bonds is 5. The predicted molar refractivity (Wildman–Crippen MR) is 94.5 cm³/mol. The van der Waals surface area contributed by atoms with Gasteiger partial charge in [0.05, 0.1) is 12.0 Å². The maximum absolute atomic E-state index is 12.4. The monoisotopic (exact) mass is 359 g/mol. The molecule has 8 heteroatoms. The number of benzene rings is 1. The van der Waals surface area contributed by atoms with Crippen LogP contribution < -0.4 is 10.1 Å². The Morgan fingerprint density at radius 2 is 2.15 bits per heavy atom. The van der Waals surface area contributed by atoms with E-state index in [0.29, 0.717) is 5.92 Å². The van der Waals surface area contributed by atoms with Crippen LogP contribution in [0.25, 0.3) is 6.08 Å². The second-order valence-corrected chi connectivity index (χ2v) is 6.36. The van der Waals surface area contributed by atoms with Crippen molar-refractivity contribution in [2.24, 2.45) is 5.92 Å². The molecule has 0 aromatic heterocycles. The average Bonchev–Trinajstić information content (AvgIpc) is 2.62. The molecule has 1 aromatic rings. The summed E-state index contributed by atoms with van der Waals surface area (Å²) in [6.07, 6.45) is 5.30. The summed E-state index contributed by atoms with van der Waals surface area (Å²) in [5.74, 6) is -0.888. The number of nitriles is 1. The molecule has 1 aliphatic carbocycles. The molecule has 0 unspecified atom stereocenters. The Bertz CT molecular complexity index is 782. The van der Waals surface area contributed by atoms with Crippen molar-refractivity contribution >= 4 is 17.7 Å². The molecule has 0 aliphatic heterocycles. The van der Waals surface area contributed by atoms with E-state index in [1.807, 2.05) is 6.07 Å². The Hall–Kier alpha value is -3.08. The number of hydrogen-bond acceptors (Lipinski definition) is 6. The lowest BCUT2D eigenvalue weighted by molar-refractivity contribution is -0.386. The molecule has 1 aromatic carbocycles. The van der Waals surface area contributed by atoms with Crippen molar-refractivity contribution in [2.45, 2.75) is 38.6 Å². The van der Waals surface area contributed by atoms with Crippen LogP contribution in [0.4, 0.5) is 5.69 Å². The van der Waals surface area contributed by atoms with E-state index in [9.17, 15) is 25.3 Å². The Labute approximate surface area is 151 Å². The molecule has 1 fully saturated rings. The molecular formula is C18H21N3O5. The van der Waals surface area contributed by atoms with Gasteiger partial charge in [0.15, 0.2) is 5.75 Å². The SMILES string of the molecule is COc1cc(/C=C(\C#N)C(=O)N[C@H]2CCCC[C@@H]2C)cc([N+](=O)[O-])c1O. The van der Waals surface area contributed by atoms with Crippen molar-refractivity contribution < 1.29 is 19.6 Å². The maximum Gasteiger partial charge on any atom is 0.315 e. The van der Waals surface area contributed by atoms with Gasteiger partial charge in [-0.25, -0.2) is 0 Å². The third-order valence-electron chi connectivity index (χ3n) is 4.60. The van der Waals surface area contributed by atoms with Crippen LogP contribution in [0.3, 0.4) is 0 Å². The van der Waals surface area contributed by atoms with Crippen LogP contribution >= 0.6 is 0 Å². The van der Waals surface area contributed by atoms with Crippen LogP contribution in [0.2, 0.25) is 0 Å². The highest BCUT2D eigenvalue weighted by molar-refractivity contribution is 6.02. The second kappa shape index (κ2) is 8.34. The molecule has 1 saturated carbocycles. The lowest BCUT2D eigenvalue weighted by atomic mass is 9.86. The lowest BCUT2D eigenvalue weighted by Gasteiger charge is -2.29. The average molecular weight is 359 g/mol. The van der Waals surface area contributed by atoms with Gasteiger partial charge >= 0.3 is 5.69 Å². The van der Waals surface area contributed by atoms with Gasteiger partial charge in [0, 0.05) is 12.1 Å². The van der Waals surface area contributed by atoms with Gasteiger partial charge < -0.3 is 15.2 Å². The zero-order valence-electron chi connectivity index (χ0n) is 14.7. The highest BCUT2D eigenvalue weighted by Gasteiger charge is 2.24. The minimum absolute atomic E-state index is 0.0108. The number of methoxy groups -OCH3 is 1. The zero-order chi connectivity index (χ0) is 19.3. The third-order valence-corrected chi connectivity index (χ3v) is 4.60. The minimum Gasteiger partial charge on any atom is -0.500 e. The van der Waals surface area contributed by atoms with E-state index in [4.69, 9.17) is 4.74 Å². The molecular weight excluding hydrogens is 338 g/mol. The van der Waals surface area contributed by atoms with Crippen LogP contribution in [0.5, 0.6) is 11.5 Å². The van der Waals surface area contributed by atoms with Crippen molar-refractivity contribution in [3.05, 3.63) is 33.4 Å². The first-order valence-corrected chi connectivity index (χ1v) is 8.35. The number of amides is 1. The van der Waals surface area contributed by atoms with Gasteiger partial charge in [0.1, 0.15) is 11.6 Å². The van der Waals surface area contributed by atoms with Crippen molar-refractivity contribution in [2.75, 3.05) is 7.11 Å². The van der Waals surface area contributed by atoms with Crippen molar-refractivity contribution in [1.29, 1.82) is 5.26 Å². The molecule has 2 N–H and O–H groups in total. The zero-order valence-corrected chi connectivity index (χ0v) is 14.7. The standard InChI is InChI=1S/C18H21N3O5/c1-11-5-3-4-6-14(11)20-18(23)13(10-19)7-12-8-15(21(24)25)17(22)16(9-12)26-2/h7-9,11,14,22H,3-6H2,1-2H3,(H,20,23)/b13-7+/t11-,14-/m0/s1. The summed E-state index contributed by atoms with van der Waals surface area (Å²) in [7, 11) is 1.26. The first kappa shape index (κ1) is 19.2. The number of phenolic OH excluding ortho intramolecular Hbond substituents is 1. The quantitative estimate of drug-likeness (QED) is 0.360. The van der Waals surface area contributed by atoms with E-state index < -0.39 is 22.3 Å². The Morgan fingerprint density at radius 3 is 2.73 bits per heavy atom. The van der Waals surface area contributed by atoms with Crippen molar-refractivity contribution in [3.63, 3.8) is 0 Å². The molecule has 0 heterocycles. The number of hydrogen-bond donors (Lipinski definition) is 2. The molecule has 0 radical (unpaired) electrons. The molecule has 2 atom stereocenters. The maximum atomic E-state index is 12.4. The lowest BCUT2D eigenvalue weighted by Crippen LogP contribution is -2.41. The van der Waals surface area contributed by atoms with E-state index in [0.717, 1.165) is 31.7 Å². The van der Waals surface area contributed by atoms with Crippen LogP contribution in [-0.2, 0) is 4.79 Å². The van der Waals surface area contributed by atoms with Gasteiger partial charge in [-0.3, -0.25) is 14.9 Å². The van der Waals surface area contributed by atoms with Crippen LogP contribution in [0.15, 0.2) is 17.7 Å². The van der Waals surface area contributed by atoms with Crippen LogP contribution in [-0.4, -0.2) is 29.1 Å². The molecule has 1 aliphatic rings. The largest absolute Gasteiger partial charge is 0.500 e. The Morgan fingerprint density at radius 1 is 1.46 bits per heavy atom. The molecule has 26 heavy (non-hydrogen) atoms. The number of nitro groups is 1. The summed E-state index contributed by atoms with van der Waals surface area (Å²) in [6.45, 7) is 2.06. The summed E-state index contributed by atoms with van der Waals surface area (Å²) in [5.41, 5.74) is -0.506. The fraction of sp³-hybridized carbons (Fsp3) is 0.444. The number of ether oxygens (including phenoxy) is 1. The molecule has 0 saturated heterocycles. The summed E-state index contributed by atoms with van der Waals surface area (Å²) in [6, 6.07) is 4.26. The molecule has 138 valence electrons. The van der Waals surface area contributed by atoms with Crippen LogP contribution in [0, 0.1) is 27.4 Å². The van der Waals surface area contributed by atoms with Crippen LogP contribution in [0.1, 0.15) is 38.2 Å². The highest BCUT2D eigenvalue weighted by Crippen LogP contribution is 2.37. The van der Waals surface area contributed by atoms with Crippen molar-refractivity contribution in [1.82, 2.24) is 5.32 Å². The topological polar surface area (TPSA) is 125 Å². The Balaban J connectivity index is 2.30. The van der Waals surface area contributed by atoms with E-state index in [1.165, 1.54) is 19.3 Å². The normalized spacial score (nSPS) is 20.1. The molecule has 8 nitrogen and oxygen atoms in total. The van der Waals surface area contributed by atoms with Gasteiger partial charge in [-0.1, -0.05) is 19.8 Å². The van der Waals surface area contributed by atoms with E-state index in [2.05, 4.69) is 12.2 Å². The van der Waals surface area contributed by atoms with Gasteiger partial charge in [0.2, 0.25) is 5.75 Å². The summed E-state index contributed by atoms with van der Waals surface area (Å²) in [5, 5.41) is 33.0. The summed E-state index contributed by atoms with van der Waals surface area (Å²) < 4.78 is 4.92. The smallest absolute Gasteiger partial charge is 0.315 e. The number of nitrogens with zero attached hydrogens (tertiary/aromatic N) is 2. The Kier molecular flexibility index (Phi) is 6.17. The number of carbonyl (C=O) groups is 1. The molecule has 0 spiro atoms. The molecule has 1 amide bonds. The number of nitrogens with one attached hydrogen (secondary N) is 1. The third kappa shape index (κ3) is 4.30. The van der Waals surface area contributed by atoms with Gasteiger partial charge in [-0.2, -0.15) is 5.26 Å². The molecule has 0 bridgehead atoms. The number of nitro benzene ring substituents is 1. The fourth-order valence-electron chi connectivity index (χ4n) is 3.08. The van der Waals surface area contributed by atoms with E-state index in [1.54, 1.807) is 0 Å². The number of aromatic hydroxyl groups is 1. The number of phenols is 1. The number of carbonyl (C=O) groups excluding carboxylic acids is 1. The first-order chi connectivity index (χ1) is 12.4. The van der Waals surface area contributed by atoms with E-state index >= 15 is 0 Å². The molecule has 2 rings (SSSR count). The highest BCUT2D eigenvalue weighted by atomic mass is 16.6. The summed E-state index contributed by atoms with van der Waals surface area (Å²) >= 11 is 0. The van der Waals surface area contributed by atoms with Crippen molar-refractivity contribution in [3.8, 4) is 17.6 Å². The first-order valence-electron chi connectivity index (χ1n) is 8.35. The van der Waals surface area contributed by atoms with Gasteiger partial charge in [-0.15, -0.1) is 0 Å². The minimum atomic E-state index is -0.759. The second-order valence-electron chi connectivity index (χ2n) is 6.36. The predicted octanol–water partition coefficient (Wildman–Crippen LogP) is 2.91. The van der Waals surface area contributed by atoms with E-state index in [-0.39, 0.29) is 22.9 Å². The van der Waals surface area contributed by atoms with Gasteiger partial charge in [-0.05, 0) is 36.5 Å². The summed E-state index contributed by atoms with van der Waals surface area (Å²) in [4.78, 5) is 22.7. The van der Waals surface area contributed by atoms with Gasteiger partial charge in [0.25, 0.3) is 5.91 Å². The fourth-order valence-corrected chi connectivity index (χ4v) is 3.08.